The summed E-state index contributed by atoms with van der Waals surface area (Å²) in [6, 6.07) is 3.79. The normalized spacial score (nSPS) is 10.8. The molecule has 0 bridgehead atoms. The molecular formula is C13H18O3. The van der Waals surface area contributed by atoms with E-state index in [0.717, 1.165) is 11.1 Å². The predicted octanol–water partition coefficient (Wildman–Crippen LogP) is 2.71. The van der Waals surface area contributed by atoms with Crippen LogP contribution >= 0.6 is 0 Å². The van der Waals surface area contributed by atoms with Crippen molar-refractivity contribution in [3.05, 3.63) is 28.8 Å². The Morgan fingerprint density at radius 2 is 2.00 bits per heavy atom. The summed E-state index contributed by atoms with van der Waals surface area (Å²) < 4.78 is 0. The van der Waals surface area contributed by atoms with Gasteiger partial charge in [-0.2, -0.15) is 0 Å². The Bertz CT molecular complexity index is 394. The molecule has 3 heteroatoms. The van der Waals surface area contributed by atoms with Crippen LogP contribution in [0.3, 0.4) is 0 Å². The van der Waals surface area contributed by atoms with E-state index in [0.29, 0.717) is 12.0 Å². The van der Waals surface area contributed by atoms with E-state index in [-0.39, 0.29) is 18.1 Å². The first-order chi connectivity index (χ1) is 7.47. The van der Waals surface area contributed by atoms with Crippen LogP contribution in [-0.4, -0.2) is 16.2 Å². The molecule has 2 N–H and O–H groups in total. The SMILES string of the molecule is CCc1ccc(C(C)C)c(CC(=O)O)c1O. The first-order valence-electron chi connectivity index (χ1n) is 5.52. The van der Waals surface area contributed by atoms with E-state index in [9.17, 15) is 9.90 Å². The van der Waals surface area contributed by atoms with Gasteiger partial charge in [-0.3, -0.25) is 4.79 Å². The Labute approximate surface area is 95.7 Å². The van der Waals surface area contributed by atoms with Crippen LogP contribution in [0.5, 0.6) is 5.75 Å². The van der Waals surface area contributed by atoms with Crippen molar-refractivity contribution >= 4 is 5.97 Å². The topological polar surface area (TPSA) is 57.5 Å². The smallest absolute Gasteiger partial charge is 0.307 e. The average Bonchev–Trinajstić information content (AvgIpc) is 2.19. The maximum Gasteiger partial charge on any atom is 0.307 e. The van der Waals surface area contributed by atoms with E-state index in [4.69, 9.17) is 5.11 Å². The third-order valence-corrected chi connectivity index (χ3v) is 2.73. The molecule has 88 valence electrons. The Morgan fingerprint density at radius 3 is 2.44 bits per heavy atom. The van der Waals surface area contributed by atoms with Gasteiger partial charge in [0.2, 0.25) is 0 Å². The molecule has 0 amide bonds. The second-order valence-corrected chi connectivity index (χ2v) is 4.22. The van der Waals surface area contributed by atoms with Gasteiger partial charge in [0, 0.05) is 5.56 Å². The lowest BCUT2D eigenvalue weighted by molar-refractivity contribution is -0.136. The van der Waals surface area contributed by atoms with Crippen LogP contribution in [0.15, 0.2) is 12.1 Å². The van der Waals surface area contributed by atoms with Gasteiger partial charge in [-0.1, -0.05) is 32.9 Å². The molecule has 16 heavy (non-hydrogen) atoms. The van der Waals surface area contributed by atoms with Gasteiger partial charge in [0.15, 0.2) is 0 Å². The van der Waals surface area contributed by atoms with Crippen LogP contribution < -0.4 is 0 Å². The number of aromatic hydroxyl groups is 1. The summed E-state index contributed by atoms with van der Waals surface area (Å²) in [6.07, 6.45) is 0.587. The number of carbonyl (C=O) groups is 1. The molecule has 0 radical (unpaired) electrons. The minimum Gasteiger partial charge on any atom is -0.507 e. The van der Waals surface area contributed by atoms with Gasteiger partial charge in [-0.05, 0) is 23.5 Å². The van der Waals surface area contributed by atoms with Crippen molar-refractivity contribution < 1.29 is 15.0 Å². The number of phenols is 1. The van der Waals surface area contributed by atoms with Gasteiger partial charge in [0.1, 0.15) is 5.75 Å². The summed E-state index contributed by atoms with van der Waals surface area (Å²) in [5.74, 6) is -0.548. The third-order valence-electron chi connectivity index (χ3n) is 2.73. The second kappa shape index (κ2) is 5.01. The van der Waals surface area contributed by atoms with Gasteiger partial charge in [0.25, 0.3) is 0 Å². The van der Waals surface area contributed by atoms with Crippen LogP contribution in [0, 0.1) is 0 Å². The molecule has 1 aromatic carbocycles. The highest BCUT2D eigenvalue weighted by molar-refractivity contribution is 5.72. The number of hydrogen-bond donors (Lipinski definition) is 2. The Morgan fingerprint density at radius 1 is 1.38 bits per heavy atom. The fourth-order valence-corrected chi connectivity index (χ4v) is 1.86. The van der Waals surface area contributed by atoms with Crippen LogP contribution in [0.1, 0.15) is 43.4 Å². The molecule has 0 atom stereocenters. The van der Waals surface area contributed by atoms with Crippen molar-refractivity contribution in [2.75, 3.05) is 0 Å². The van der Waals surface area contributed by atoms with E-state index in [1.807, 2.05) is 32.9 Å². The summed E-state index contributed by atoms with van der Waals surface area (Å²) >= 11 is 0. The number of rotatable bonds is 4. The van der Waals surface area contributed by atoms with E-state index >= 15 is 0 Å². The van der Waals surface area contributed by atoms with Crippen molar-refractivity contribution in [3.63, 3.8) is 0 Å². The molecule has 0 aliphatic heterocycles. The first kappa shape index (κ1) is 12.6. The summed E-state index contributed by atoms with van der Waals surface area (Å²) in [7, 11) is 0. The molecule has 0 saturated carbocycles. The summed E-state index contributed by atoms with van der Waals surface area (Å²) in [5, 5.41) is 18.9. The molecule has 3 nitrogen and oxygen atoms in total. The number of carboxylic acid groups (broad SMARTS) is 1. The van der Waals surface area contributed by atoms with Crippen molar-refractivity contribution in [3.8, 4) is 5.75 Å². The number of carboxylic acids is 1. The number of aliphatic carboxylic acids is 1. The molecular weight excluding hydrogens is 204 g/mol. The lowest BCUT2D eigenvalue weighted by Gasteiger charge is -2.15. The number of phenolic OH excluding ortho intramolecular Hbond substituents is 1. The van der Waals surface area contributed by atoms with Gasteiger partial charge < -0.3 is 10.2 Å². The molecule has 1 aromatic rings. The zero-order valence-electron chi connectivity index (χ0n) is 9.95. The summed E-state index contributed by atoms with van der Waals surface area (Å²) in [4.78, 5) is 10.8. The minimum atomic E-state index is -0.912. The number of aryl methyl sites for hydroxylation is 1. The maximum atomic E-state index is 10.8. The molecule has 0 aliphatic carbocycles. The van der Waals surface area contributed by atoms with Gasteiger partial charge in [-0.15, -0.1) is 0 Å². The van der Waals surface area contributed by atoms with E-state index in [1.54, 1.807) is 0 Å². The molecule has 0 fully saturated rings. The second-order valence-electron chi connectivity index (χ2n) is 4.22. The minimum absolute atomic E-state index is 0.118. The zero-order chi connectivity index (χ0) is 12.3. The van der Waals surface area contributed by atoms with E-state index < -0.39 is 5.97 Å². The van der Waals surface area contributed by atoms with Crippen molar-refractivity contribution in [2.45, 2.75) is 39.5 Å². The van der Waals surface area contributed by atoms with Crippen LogP contribution in [0.2, 0.25) is 0 Å². The Balaban J connectivity index is 3.30. The highest BCUT2D eigenvalue weighted by Gasteiger charge is 2.16. The van der Waals surface area contributed by atoms with Crippen molar-refractivity contribution in [1.29, 1.82) is 0 Å². The molecule has 0 spiro atoms. The zero-order valence-corrected chi connectivity index (χ0v) is 9.95. The molecule has 0 saturated heterocycles. The van der Waals surface area contributed by atoms with Gasteiger partial charge in [0.05, 0.1) is 6.42 Å². The molecule has 0 unspecified atom stereocenters. The largest absolute Gasteiger partial charge is 0.507 e. The predicted molar refractivity (Wildman–Crippen MR) is 62.9 cm³/mol. The summed E-state index contributed by atoms with van der Waals surface area (Å²) in [6.45, 7) is 5.92. The lowest BCUT2D eigenvalue weighted by Crippen LogP contribution is -2.06. The highest BCUT2D eigenvalue weighted by Crippen LogP contribution is 2.31. The quantitative estimate of drug-likeness (QED) is 0.823. The first-order valence-corrected chi connectivity index (χ1v) is 5.52. The van der Waals surface area contributed by atoms with Gasteiger partial charge in [-0.25, -0.2) is 0 Å². The molecule has 0 heterocycles. The fourth-order valence-electron chi connectivity index (χ4n) is 1.86. The molecule has 0 aliphatic rings. The standard InChI is InChI=1S/C13H18O3/c1-4-9-5-6-10(8(2)3)11(13(9)16)7-12(14)15/h5-6,8,16H,4,7H2,1-3H3,(H,14,15). The van der Waals surface area contributed by atoms with E-state index in [1.165, 1.54) is 0 Å². The Kier molecular flexibility index (Phi) is 3.93. The highest BCUT2D eigenvalue weighted by atomic mass is 16.4. The van der Waals surface area contributed by atoms with Gasteiger partial charge >= 0.3 is 5.97 Å². The maximum absolute atomic E-state index is 10.8. The van der Waals surface area contributed by atoms with Crippen LogP contribution in [-0.2, 0) is 17.6 Å². The van der Waals surface area contributed by atoms with Crippen molar-refractivity contribution in [1.82, 2.24) is 0 Å². The third kappa shape index (κ3) is 2.54. The Hall–Kier alpha value is -1.51. The lowest BCUT2D eigenvalue weighted by atomic mass is 9.92. The van der Waals surface area contributed by atoms with Crippen LogP contribution in [0.4, 0.5) is 0 Å². The summed E-state index contributed by atoms with van der Waals surface area (Å²) in [5.41, 5.74) is 2.28. The fraction of sp³-hybridized carbons (Fsp3) is 0.462. The average molecular weight is 222 g/mol. The number of benzene rings is 1. The monoisotopic (exact) mass is 222 g/mol. The van der Waals surface area contributed by atoms with Crippen molar-refractivity contribution in [2.24, 2.45) is 0 Å². The number of hydrogen-bond acceptors (Lipinski definition) is 2. The molecule has 1 rings (SSSR count). The molecule has 0 aromatic heterocycles. The van der Waals surface area contributed by atoms with Crippen LogP contribution in [0.25, 0.3) is 0 Å². The van der Waals surface area contributed by atoms with E-state index in [2.05, 4.69) is 0 Å².